The Balaban J connectivity index is 1.41. The Morgan fingerprint density at radius 1 is 0.707 bits per heavy atom. The van der Waals surface area contributed by atoms with Crippen LogP contribution in [0.25, 0.3) is 0 Å². The van der Waals surface area contributed by atoms with E-state index < -0.39 is 42.9 Å². The van der Waals surface area contributed by atoms with Crippen LogP contribution in [0.4, 0.5) is 0 Å². The summed E-state index contributed by atoms with van der Waals surface area (Å²) in [5.74, 6) is 0. The molecule has 1 aliphatic carbocycles. The molecule has 8 nitrogen and oxygen atoms in total. The molecule has 0 amide bonds. The summed E-state index contributed by atoms with van der Waals surface area (Å²) in [4.78, 5) is 11.7. The molecule has 0 N–H and O–H groups in total. The molecule has 0 unspecified atom stereocenters. The van der Waals surface area contributed by atoms with Gasteiger partial charge in [0.05, 0.1) is 25.9 Å². The third-order valence-electron chi connectivity index (χ3n) is 7.83. The molecule has 41 heavy (non-hydrogen) atoms. The summed E-state index contributed by atoms with van der Waals surface area (Å²) in [5.41, 5.74) is 3.06. The van der Waals surface area contributed by atoms with Gasteiger partial charge in [0.25, 0.3) is 0 Å². The molecule has 5 rings (SSSR count). The zero-order chi connectivity index (χ0) is 28.4. The minimum absolute atomic E-state index is 0.217. The number of nitrogens with zero attached hydrogens (tertiary/aromatic N) is 1. The fourth-order valence-electron chi connectivity index (χ4n) is 5.63. The number of hydrogen-bond acceptors (Lipinski definition) is 7. The van der Waals surface area contributed by atoms with Crippen molar-refractivity contribution in [3.8, 4) is 0 Å². The second-order valence-electron chi connectivity index (χ2n) is 10.8. The van der Waals surface area contributed by atoms with Crippen LogP contribution >= 0.6 is 0 Å². The third-order valence-corrected chi connectivity index (χ3v) is 7.83. The average Bonchev–Trinajstić information content (AvgIpc) is 3.01. The van der Waals surface area contributed by atoms with E-state index in [1.165, 1.54) is 0 Å². The molecule has 1 aliphatic heterocycles. The molecule has 218 valence electrons. The van der Waals surface area contributed by atoms with Crippen molar-refractivity contribution in [1.82, 2.24) is 0 Å². The van der Waals surface area contributed by atoms with E-state index in [1.54, 1.807) is 0 Å². The Morgan fingerprint density at radius 3 is 1.68 bits per heavy atom. The van der Waals surface area contributed by atoms with Crippen LogP contribution in [0.5, 0.6) is 0 Å². The Bertz CT molecular complexity index is 1200. The van der Waals surface area contributed by atoms with Gasteiger partial charge in [0.15, 0.2) is 6.29 Å². The van der Waals surface area contributed by atoms with Crippen LogP contribution in [0.3, 0.4) is 0 Å². The fraction of sp³-hybridized carbons (Fsp3) is 0.455. The standard InChI is InChI=1S/C33H39NO7/c1-24-30(37-21-25-13-5-2-6-14-25)31(38-22-26-15-7-3-8-16-26)32(39-23-27-17-9-4-10-18-27)33(40-24)41-29-20-12-11-19-28(29)34(35)36/h2-10,13-18,24,28-33H,11-12,19-23H2,1H3/t24-,28+,29-,30+,31+,32-,33+/m0/s1. The monoisotopic (exact) mass is 561 g/mol. The maximum atomic E-state index is 11.9. The van der Waals surface area contributed by atoms with Crippen molar-refractivity contribution in [3.05, 3.63) is 118 Å². The van der Waals surface area contributed by atoms with E-state index in [4.69, 9.17) is 23.7 Å². The van der Waals surface area contributed by atoms with Crippen LogP contribution in [0.15, 0.2) is 91.0 Å². The first kappa shape index (κ1) is 29.4. The van der Waals surface area contributed by atoms with E-state index >= 15 is 0 Å². The molecular formula is C33H39NO7. The largest absolute Gasteiger partial charge is 0.368 e. The summed E-state index contributed by atoms with van der Waals surface area (Å²) in [5, 5.41) is 11.9. The lowest BCUT2D eigenvalue weighted by Crippen LogP contribution is -2.61. The summed E-state index contributed by atoms with van der Waals surface area (Å²) in [6.45, 7) is 2.98. The van der Waals surface area contributed by atoms with Gasteiger partial charge in [0.2, 0.25) is 6.04 Å². The Kier molecular flexibility index (Phi) is 10.5. The number of hydrogen-bond donors (Lipinski definition) is 0. The predicted molar refractivity (Wildman–Crippen MR) is 154 cm³/mol. The van der Waals surface area contributed by atoms with Crippen LogP contribution < -0.4 is 0 Å². The molecule has 2 aliphatic rings. The van der Waals surface area contributed by atoms with Crippen molar-refractivity contribution in [2.75, 3.05) is 0 Å². The van der Waals surface area contributed by atoms with Crippen LogP contribution in [-0.2, 0) is 43.5 Å². The van der Waals surface area contributed by atoms with Crippen molar-refractivity contribution in [2.24, 2.45) is 0 Å². The molecule has 8 heteroatoms. The average molecular weight is 562 g/mol. The van der Waals surface area contributed by atoms with Crippen LogP contribution in [0, 0.1) is 10.1 Å². The molecule has 7 atom stereocenters. The van der Waals surface area contributed by atoms with Gasteiger partial charge in [-0.1, -0.05) is 97.4 Å². The van der Waals surface area contributed by atoms with Crippen molar-refractivity contribution < 1.29 is 28.6 Å². The van der Waals surface area contributed by atoms with E-state index in [-0.39, 0.29) is 4.92 Å². The fourth-order valence-corrected chi connectivity index (χ4v) is 5.63. The van der Waals surface area contributed by atoms with E-state index in [0.717, 1.165) is 29.5 Å². The van der Waals surface area contributed by atoms with Crippen molar-refractivity contribution in [3.63, 3.8) is 0 Å². The van der Waals surface area contributed by atoms with Gasteiger partial charge >= 0.3 is 0 Å². The van der Waals surface area contributed by atoms with Crippen molar-refractivity contribution in [1.29, 1.82) is 0 Å². The normalized spacial score (nSPS) is 28.3. The molecule has 0 spiro atoms. The van der Waals surface area contributed by atoms with E-state index in [1.807, 2.05) is 97.9 Å². The Morgan fingerprint density at radius 2 is 1.17 bits per heavy atom. The predicted octanol–water partition coefficient (Wildman–Crippen LogP) is 6.09. The molecule has 1 saturated heterocycles. The number of benzene rings is 3. The molecule has 0 radical (unpaired) electrons. The second kappa shape index (κ2) is 14.7. The molecule has 3 aromatic carbocycles. The summed E-state index contributed by atoms with van der Waals surface area (Å²) >= 11 is 0. The van der Waals surface area contributed by atoms with Gasteiger partial charge in [-0.25, -0.2) is 0 Å². The van der Waals surface area contributed by atoms with Crippen LogP contribution in [-0.4, -0.2) is 47.8 Å². The maximum absolute atomic E-state index is 11.9. The molecule has 1 saturated carbocycles. The highest BCUT2D eigenvalue weighted by Crippen LogP contribution is 2.34. The van der Waals surface area contributed by atoms with Gasteiger partial charge in [-0.15, -0.1) is 0 Å². The highest BCUT2D eigenvalue weighted by Gasteiger charge is 2.49. The maximum Gasteiger partial charge on any atom is 0.238 e. The summed E-state index contributed by atoms with van der Waals surface area (Å²) in [7, 11) is 0. The summed E-state index contributed by atoms with van der Waals surface area (Å²) < 4.78 is 32.5. The first-order valence-electron chi connectivity index (χ1n) is 14.5. The summed E-state index contributed by atoms with van der Waals surface area (Å²) in [6, 6.07) is 29.0. The first-order chi connectivity index (χ1) is 20.1. The summed E-state index contributed by atoms with van der Waals surface area (Å²) in [6.07, 6.45) is -0.702. The molecular weight excluding hydrogens is 522 g/mol. The first-order valence-corrected chi connectivity index (χ1v) is 14.5. The zero-order valence-corrected chi connectivity index (χ0v) is 23.5. The van der Waals surface area contributed by atoms with E-state index in [9.17, 15) is 10.1 Å². The topological polar surface area (TPSA) is 89.3 Å². The number of ether oxygens (including phenoxy) is 5. The van der Waals surface area contributed by atoms with Gasteiger partial charge in [-0.05, 0) is 36.5 Å². The number of rotatable bonds is 12. The van der Waals surface area contributed by atoms with Gasteiger partial charge in [0.1, 0.15) is 24.4 Å². The molecule has 0 bridgehead atoms. The van der Waals surface area contributed by atoms with Crippen molar-refractivity contribution >= 4 is 0 Å². The lowest BCUT2D eigenvalue weighted by molar-refractivity contribution is -0.543. The lowest BCUT2D eigenvalue weighted by atomic mass is 9.92. The van der Waals surface area contributed by atoms with E-state index in [0.29, 0.717) is 32.7 Å². The molecule has 3 aromatic rings. The van der Waals surface area contributed by atoms with Crippen LogP contribution in [0.1, 0.15) is 49.3 Å². The smallest absolute Gasteiger partial charge is 0.238 e. The second-order valence-corrected chi connectivity index (χ2v) is 10.8. The zero-order valence-electron chi connectivity index (χ0n) is 23.5. The van der Waals surface area contributed by atoms with E-state index in [2.05, 4.69) is 0 Å². The highest BCUT2D eigenvalue weighted by molar-refractivity contribution is 5.15. The SMILES string of the molecule is C[C@@H]1O[C@H](O[C@H]2CCCC[C@H]2[N+](=O)[O-])[C@@H](OCc2ccccc2)[C@H](OCc2ccccc2)[C@@H]1OCc1ccccc1. The highest BCUT2D eigenvalue weighted by atomic mass is 16.7. The minimum Gasteiger partial charge on any atom is -0.368 e. The van der Waals surface area contributed by atoms with Gasteiger partial charge in [0, 0.05) is 11.3 Å². The van der Waals surface area contributed by atoms with Crippen LogP contribution in [0.2, 0.25) is 0 Å². The Hall–Kier alpha value is -3.14. The van der Waals surface area contributed by atoms with Crippen molar-refractivity contribution in [2.45, 2.75) is 95.3 Å². The van der Waals surface area contributed by atoms with Gasteiger partial charge < -0.3 is 23.7 Å². The quantitative estimate of drug-likeness (QED) is 0.195. The molecule has 0 aromatic heterocycles. The lowest BCUT2D eigenvalue weighted by Gasteiger charge is -2.46. The molecule has 2 fully saturated rings. The molecule has 1 heterocycles. The minimum atomic E-state index is -0.850. The van der Waals surface area contributed by atoms with Gasteiger partial charge in [-0.3, -0.25) is 10.1 Å². The number of nitro groups is 1. The third kappa shape index (κ3) is 7.99. The Labute approximate surface area is 241 Å². The van der Waals surface area contributed by atoms with Gasteiger partial charge in [-0.2, -0.15) is 0 Å².